The van der Waals surface area contributed by atoms with Crippen LogP contribution < -0.4 is 10.2 Å². The van der Waals surface area contributed by atoms with Crippen LogP contribution in [0.3, 0.4) is 0 Å². The summed E-state index contributed by atoms with van der Waals surface area (Å²) in [5, 5.41) is 4.59. The number of fused-ring (bicyclic) bond motifs is 1. The van der Waals surface area contributed by atoms with Crippen molar-refractivity contribution < 1.29 is 9.59 Å². The van der Waals surface area contributed by atoms with Gasteiger partial charge in [0, 0.05) is 23.4 Å². The van der Waals surface area contributed by atoms with E-state index in [1.807, 2.05) is 61.7 Å². The Hall–Kier alpha value is -3.19. The maximum atomic E-state index is 13.7. The zero-order valence-corrected chi connectivity index (χ0v) is 20.2. The highest BCUT2D eigenvalue weighted by molar-refractivity contribution is 7.80. The number of benzene rings is 2. The highest BCUT2D eigenvalue weighted by atomic mass is 32.1. The van der Waals surface area contributed by atoms with Crippen molar-refractivity contribution in [2.75, 3.05) is 10.2 Å². The van der Waals surface area contributed by atoms with E-state index in [1.54, 1.807) is 4.90 Å². The molecule has 0 radical (unpaired) electrons. The number of rotatable bonds is 5. The molecule has 2 aliphatic rings. The van der Waals surface area contributed by atoms with Crippen molar-refractivity contribution in [2.45, 2.75) is 64.0 Å². The lowest BCUT2D eigenvalue weighted by Gasteiger charge is -2.32. The Kier molecular flexibility index (Phi) is 6.37. The molecule has 2 heterocycles. The Bertz CT molecular complexity index is 1210. The van der Waals surface area contributed by atoms with Crippen molar-refractivity contribution in [3.63, 3.8) is 0 Å². The predicted octanol–water partition coefficient (Wildman–Crippen LogP) is 5.53. The zero-order valence-electron chi connectivity index (χ0n) is 19.4. The van der Waals surface area contributed by atoms with E-state index < -0.39 is 6.04 Å². The fourth-order valence-corrected chi connectivity index (χ4v) is 5.66. The van der Waals surface area contributed by atoms with Gasteiger partial charge >= 0.3 is 0 Å². The molecule has 34 heavy (non-hydrogen) atoms. The average Bonchev–Trinajstić information content (AvgIpc) is 3.25. The van der Waals surface area contributed by atoms with Gasteiger partial charge in [-0.3, -0.25) is 14.5 Å². The third-order valence-corrected chi connectivity index (χ3v) is 7.37. The number of nitrogens with zero attached hydrogens (tertiary/aromatic N) is 2. The molecule has 2 aromatic carbocycles. The smallest absolute Gasteiger partial charge is 0.256 e. The molecule has 1 saturated heterocycles. The molecular weight excluding hydrogens is 444 g/mol. The number of hydrogen-bond donors (Lipinski definition) is 2. The number of hydrogen-bond acceptors (Lipinski definition) is 3. The van der Waals surface area contributed by atoms with Gasteiger partial charge in [-0.2, -0.15) is 0 Å². The van der Waals surface area contributed by atoms with E-state index >= 15 is 0 Å². The van der Waals surface area contributed by atoms with Crippen LogP contribution >= 0.6 is 12.2 Å². The topological polar surface area (TPSA) is 68.4 Å². The van der Waals surface area contributed by atoms with E-state index in [9.17, 15) is 9.59 Å². The van der Waals surface area contributed by atoms with Gasteiger partial charge in [0.25, 0.3) is 5.91 Å². The second-order valence-corrected chi connectivity index (χ2v) is 9.76. The lowest BCUT2D eigenvalue weighted by molar-refractivity contribution is -0.125. The number of aromatic nitrogens is 1. The molecule has 0 spiro atoms. The maximum Gasteiger partial charge on any atom is 0.256 e. The van der Waals surface area contributed by atoms with Crippen LogP contribution in [0.5, 0.6) is 0 Å². The third-order valence-electron chi connectivity index (χ3n) is 6.98. The summed E-state index contributed by atoms with van der Waals surface area (Å²) in [7, 11) is 0. The molecular formula is C27H30N4O2S. The van der Waals surface area contributed by atoms with Crippen LogP contribution in [0.25, 0.3) is 10.9 Å². The second kappa shape index (κ2) is 9.58. The fraction of sp³-hybridized carbons (Fsp3) is 0.370. The normalized spacial score (nSPS) is 19.6. The molecule has 3 aromatic rings. The van der Waals surface area contributed by atoms with Gasteiger partial charge in [0.1, 0.15) is 6.04 Å². The number of anilines is 2. The number of H-pyrrole nitrogens is 1. The number of nitrogens with one attached hydrogen (secondary N) is 2. The minimum absolute atomic E-state index is 0.0700. The number of aromatic amines is 1. The standard InChI is InChI=1S/C27H30N4O2S/c1-18-8-12-22(13-9-18)31-26(33)24(30(27(31)34)21-6-4-2-3-5-7-21)17-25(32)29-20-11-10-19-14-15-28-23(19)16-20/h8-16,21,24,28H,2-7,17H2,1H3,(H,29,32). The van der Waals surface area contributed by atoms with Crippen molar-refractivity contribution in [1.29, 1.82) is 0 Å². The molecule has 2 fully saturated rings. The fourth-order valence-electron chi connectivity index (χ4n) is 5.19. The Balaban J connectivity index is 1.40. The summed E-state index contributed by atoms with van der Waals surface area (Å²) in [6.07, 6.45) is 8.60. The summed E-state index contributed by atoms with van der Waals surface area (Å²) in [5.74, 6) is -0.301. The van der Waals surface area contributed by atoms with Gasteiger partial charge in [-0.05, 0) is 67.7 Å². The Morgan fingerprint density at radius 1 is 1.06 bits per heavy atom. The van der Waals surface area contributed by atoms with Gasteiger partial charge in [-0.15, -0.1) is 0 Å². The van der Waals surface area contributed by atoms with Crippen molar-refractivity contribution in [1.82, 2.24) is 9.88 Å². The van der Waals surface area contributed by atoms with Crippen molar-refractivity contribution >= 4 is 51.4 Å². The maximum absolute atomic E-state index is 13.7. The van der Waals surface area contributed by atoms with E-state index in [2.05, 4.69) is 15.2 Å². The molecule has 6 nitrogen and oxygen atoms in total. The Labute approximate surface area is 205 Å². The summed E-state index contributed by atoms with van der Waals surface area (Å²) in [4.78, 5) is 33.7. The summed E-state index contributed by atoms with van der Waals surface area (Å²) in [6.45, 7) is 2.02. The van der Waals surface area contributed by atoms with Crippen molar-refractivity contribution in [3.05, 3.63) is 60.3 Å². The van der Waals surface area contributed by atoms with E-state index in [1.165, 1.54) is 12.8 Å². The molecule has 2 amide bonds. The molecule has 5 rings (SSSR count). The van der Waals surface area contributed by atoms with Crippen molar-refractivity contribution in [3.8, 4) is 0 Å². The van der Waals surface area contributed by atoms with E-state index in [4.69, 9.17) is 12.2 Å². The minimum atomic E-state index is -0.592. The predicted molar refractivity (Wildman–Crippen MR) is 140 cm³/mol. The largest absolute Gasteiger partial charge is 0.361 e. The molecule has 0 bridgehead atoms. The molecule has 7 heteroatoms. The van der Waals surface area contributed by atoms with Crippen LogP contribution in [0, 0.1) is 6.92 Å². The van der Waals surface area contributed by atoms with Crippen molar-refractivity contribution in [2.24, 2.45) is 0 Å². The Morgan fingerprint density at radius 2 is 1.79 bits per heavy atom. The van der Waals surface area contributed by atoms with Gasteiger partial charge in [-0.25, -0.2) is 0 Å². The number of carbonyl (C=O) groups is 2. The summed E-state index contributed by atoms with van der Waals surface area (Å²) in [5.41, 5.74) is 3.56. The molecule has 1 aliphatic heterocycles. The average molecular weight is 475 g/mol. The number of aryl methyl sites for hydroxylation is 1. The second-order valence-electron chi connectivity index (χ2n) is 9.39. The molecule has 1 unspecified atom stereocenters. The lowest BCUT2D eigenvalue weighted by Crippen LogP contribution is -2.44. The molecule has 2 N–H and O–H groups in total. The van der Waals surface area contributed by atoms with Crippen LogP contribution in [-0.4, -0.2) is 38.9 Å². The first kappa shape index (κ1) is 22.6. The van der Waals surface area contributed by atoms with E-state index in [-0.39, 0.29) is 24.3 Å². The van der Waals surface area contributed by atoms with Gasteiger partial charge < -0.3 is 15.2 Å². The van der Waals surface area contributed by atoms with E-state index in [0.29, 0.717) is 10.8 Å². The zero-order chi connectivity index (χ0) is 23.7. The summed E-state index contributed by atoms with van der Waals surface area (Å²) < 4.78 is 0. The van der Waals surface area contributed by atoms with Crippen LogP contribution in [0.4, 0.5) is 11.4 Å². The van der Waals surface area contributed by atoms with Gasteiger partial charge in [0.15, 0.2) is 5.11 Å². The Morgan fingerprint density at radius 3 is 2.53 bits per heavy atom. The van der Waals surface area contributed by atoms with E-state index in [0.717, 1.165) is 47.8 Å². The molecule has 176 valence electrons. The first-order valence-electron chi connectivity index (χ1n) is 12.1. The minimum Gasteiger partial charge on any atom is -0.361 e. The number of amides is 2. The molecule has 1 aromatic heterocycles. The van der Waals surface area contributed by atoms with Crippen LogP contribution in [0.15, 0.2) is 54.7 Å². The first-order chi connectivity index (χ1) is 16.5. The highest BCUT2D eigenvalue weighted by Gasteiger charge is 2.46. The van der Waals surface area contributed by atoms with Crippen LogP contribution in [0.1, 0.15) is 50.5 Å². The third kappa shape index (κ3) is 4.44. The van der Waals surface area contributed by atoms with Gasteiger partial charge in [-0.1, -0.05) is 49.4 Å². The SMILES string of the molecule is Cc1ccc(N2C(=O)C(CC(=O)Nc3ccc4cc[nH]c4c3)N(C3CCCCCC3)C2=S)cc1. The molecule has 1 aliphatic carbocycles. The quantitative estimate of drug-likeness (QED) is 0.377. The van der Waals surface area contributed by atoms with Gasteiger partial charge in [0.2, 0.25) is 5.91 Å². The number of thiocarbonyl (C=S) groups is 1. The van der Waals surface area contributed by atoms with Crippen LogP contribution in [0.2, 0.25) is 0 Å². The molecule has 1 saturated carbocycles. The van der Waals surface area contributed by atoms with Crippen LogP contribution in [-0.2, 0) is 9.59 Å². The lowest BCUT2D eigenvalue weighted by atomic mass is 10.0. The highest BCUT2D eigenvalue weighted by Crippen LogP contribution is 2.33. The monoisotopic (exact) mass is 474 g/mol. The number of carbonyl (C=O) groups excluding carboxylic acids is 2. The summed E-state index contributed by atoms with van der Waals surface area (Å²) >= 11 is 5.88. The molecule has 1 atom stereocenters. The first-order valence-corrected chi connectivity index (χ1v) is 12.5. The summed E-state index contributed by atoms with van der Waals surface area (Å²) in [6, 6.07) is 15.2. The van der Waals surface area contributed by atoms with Gasteiger partial charge in [0.05, 0.1) is 12.1 Å².